The summed E-state index contributed by atoms with van der Waals surface area (Å²) in [6, 6.07) is 14.9. The van der Waals surface area contributed by atoms with Gasteiger partial charge in [0.05, 0.1) is 22.6 Å². The fourth-order valence-electron chi connectivity index (χ4n) is 1.88. The summed E-state index contributed by atoms with van der Waals surface area (Å²) in [5.74, 6) is -0.371. The van der Waals surface area contributed by atoms with E-state index < -0.39 is 4.92 Å². The van der Waals surface area contributed by atoms with Gasteiger partial charge < -0.3 is 5.32 Å². The second-order valence-corrected chi connectivity index (χ2v) is 6.04. The van der Waals surface area contributed by atoms with Crippen LogP contribution < -0.4 is 10.7 Å². The number of nitrogens with one attached hydrogen (secondary N) is 2. The number of rotatable bonds is 8. The molecule has 0 atom stereocenters. The van der Waals surface area contributed by atoms with E-state index in [0.717, 1.165) is 11.8 Å². The quantitative estimate of drug-likeness (QED) is 0.420. The summed E-state index contributed by atoms with van der Waals surface area (Å²) in [6.45, 7) is 0. The number of amides is 2. The van der Waals surface area contributed by atoms with Crippen LogP contribution in [0.1, 0.15) is 5.56 Å². The van der Waals surface area contributed by atoms with Crippen molar-refractivity contribution in [3.8, 4) is 0 Å². The first-order valence-corrected chi connectivity index (χ1v) is 8.69. The van der Waals surface area contributed by atoms with Gasteiger partial charge >= 0.3 is 0 Å². The van der Waals surface area contributed by atoms with Crippen LogP contribution in [0.2, 0.25) is 0 Å². The van der Waals surface area contributed by atoms with Gasteiger partial charge in [-0.2, -0.15) is 5.10 Å². The lowest BCUT2D eigenvalue weighted by molar-refractivity contribution is -0.384. The Hall–Kier alpha value is -3.20. The molecule has 9 heteroatoms. The van der Waals surface area contributed by atoms with Gasteiger partial charge in [0.2, 0.25) is 11.8 Å². The summed E-state index contributed by atoms with van der Waals surface area (Å²) in [4.78, 5) is 33.6. The van der Waals surface area contributed by atoms with Crippen molar-refractivity contribution in [2.24, 2.45) is 5.10 Å². The maximum absolute atomic E-state index is 11.7. The van der Waals surface area contributed by atoms with Crippen molar-refractivity contribution >= 4 is 41.2 Å². The highest BCUT2D eigenvalue weighted by atomic mass is 32.2. The van der Waals surface area contributed by atoms with Gasteiger partial charge in [0.15, 0.2) is 0 Å². The summed E-state index contributed by atoms with van der Waals surface area (Å²) in [5, 5.41) is 17.1. The molecule has 134 valence electrons. The normalized spacial score (nSPS) is 10.5. The van der Waals surface area contributed by atoms with Crippen LogP contribution in [0.5, 0.6) is 0 Å². The molecule has 0 spiro atoms. The SMILES string of the molecule is O=C(CSCC(=O)Nc1ccccc1)NN=Cc1cccc([N+](=O)[O-])c1. The van der Waals surface area contributed by atoms with Gasteiger partial charge in [-0.3, -0.25) is 19.7 Å². The predicted octanol–water partition coefficient (Wildman–Crippen LogP) is 2.42. The highest BCUT2D eigenvalue weighted by Crippen LogP contribution is 2.11. The molecule has 8 nitrogen and oxygen atoms in total. The molecule has 0 aliphatic carbocycles. The molecule has 0 saturated carbocycles. The molecule has 0 unspecified atom stereocenters. The third kappa shape index (κ3) is 6.73. The van der Waals surface area contributed by atoms with E-state index in [9.17, 15) is 19.7 Å². The molecular formula is C17H16N4O4S. The first-order valence-electron chi connectivity index (χ1n) is 7.53. The third-order valence-corrected chi connectivity index (χ3v) is 3.94. The largest absolute Gasteiger partial charge is 0.325 e. The summed E-state index contributed by atoms with van der Waals surface area (Å²) in [6.07, 6.45) is 1.32. The van der Waals surface area contributed by atoms with Gasteiger partial charge in [-0.05, 0) is 12.1 Å². The highest BCUT2D eigenvalue weighted by molar-refractivity contribution is 8.00. The van der Waals surface area contributed by atoms with Crippen LogP contribution in [0.4, 0.5) is 11.4 Å². The fraction of sp³-hybridized carbons (Fsp3) is 0.118. The number of carbonyl (C=O) groups is 2. The van der Waals surface area contributed by atoms with E-state index in [1.54, 1.807) is 18.2 Å². The first kappa shape index (κ1) is 19.1. The van der Waals surface area contributed by atoms with E-state index in [2.05, 4.69) is 15.8 Å². The average Bonchev–Trinajstić information content (AvgIpc) is 2.63. The zero-order valence-electron chi connectivity index (χ0n) is 13.6. The zero-order valence-corrected chi connectivity index (χ0v) is 14.4. The topological polar surface area (TPSA) is 114 Å². The van der Waals surface area contributed by atoms with Gasteiger partial charge in [0.1, 0.15) is 0 Å². The number of nitro benzene ring substituents is 1. The Morgan fingerprint density at radius 1 is 1.08 bits per heavy atom. The van der Waals surface area contributed by atoms with Crippen molar-refractivity contribution in [2.75, 3.05) is 16.8 Å². The lowest BCUT2D eigenvalue weighted by Gasteiger charge is -2.04. The Bertz CT molecular complexity index is 811. The van der Waals surface area contributed by atoms with Crippen LogP contribution in [-0.4, -0.2) is 34.5 Å². The molecule has 2 rings (SSSR count). The van der Waals surface area contributed by atoms with Crippen molar-refractivity contribution < 1.29 is 14.5 Å². The number of para-hydroxylation sites is 1. The summed E-state index contributed by atoms with van der Waals surface area (Å²) in [7, 11) is 0. The Labute approximate surface area is 153 Å². The van der Waals surface area contributed by atoms with Gasteiger partial charge in [-0.1, -0.05) is 30.3 Å². The average molecular weight is 372 g/mol. The summed E-state index contributed by atoms with van der Waals surface area (Å²) < 4.78 is 0. The summed E-state index contributed by atoms with van der Waals surface area (Å²) >= 11 is 1.15. The molecule has 0 fully saturated rings. The van der Waals surface area contributed by atoms with E-state index in [0.29, 0.717) is 11.3 Å². The first-order chi connectivity index (χ1) is 12.5. The molecule has 0 aliphatic rings. The van der Waals surface area contributed by atoms with Gasteiger partial charge in [-0.15, -0.1) is 11.8 Å². The summed E-state index contributed by atoms with van der Waals surface area (Å²) in [5.41, 5.74) is 3.45. The number of hydrogen-bond acceptors (Lipinski definition) is 6. The van der Waals surface area contributed by atoms with E-state index in [4.69, 9.17) is 0 Å². The van der Waals surface area contributed by atoms with Crippen LogP contribution in [0.25, 0.3) is 0 Å². The second-order valence-electron chi connectivity index (χ2n) is 5.05. The van der Waals surface area contributed by atoms with Gasteiger partial charge in [0.25, 0.3) is 5.69 Å². The number of nitrogens with zero attached hydrogens (tertiary/aromatic N) is 2. The number of carbonyl (C=O) groups excluding carboxylic acids is 2. The molecule has 0 heterocycles. The van der Waals surface area contributed by atoms with Crippen LogP contribution in [0.3, 0.4) is 0 Å². The maximum Gasteiger partial charge on any atom is 0.270 e. The van der Waals surface area contributed by atoms with E-state index >= 15 is 0 Å². The van der Waals surface area contributed by atoms with Crippen molar-refractivity contribution in [3.05, 3.63) is 70.3 Å². The molecule has 2 N–H and O–H groups in total. The van der Waals surface area contributed by atoms with Crippen LogP contribution in [0, 0.1) is 10.1 Å². The van der Waals surface area contributed by atoms with Crippen molar-refractivity contribution in [1.29, 1.82) is 0 Å². The minimum absolute atomic E-state index is 0.0553. The number of hydrazone groups is 1. The fourth-order valence-corrected chi connectivity index (χ4v) is 2.49. The Balaban J connectivity index is 1.69. The number of nitro groups is 1. The van der Waals surface area contributed by atoms with Crippen molar-refractivity contribution in [1.82, 2.24) is 5.43 Å². The zero-order chi connectivity index (χ0) is 18.8. The predicted molar refractivity (Wildman–Crippen MR) is 101 cm³/mol. The highest BCUT2D eigenvalue weighted by Gasteiger charge is 2.06. The van der Waals surface area contributed by atoms with Gasteiger partial charge in [0, 0.05) is 23.4 Å². The Morgan fingerprint density at radius 2 is 1.81 bits per heavy atom. The lowest BCUT2D eigenvalue weighted by Crippen LogP contribution is -2.21. The molecule has 2 amide bonds. The monoisotopic (exact) mass is 372 g/mol. The maximum atomic E-state index is 11.7. The number of benzene rings is 2. The molecule has 0 bridgehead atoms. The standard InChI is InChI=1S/C17H16N4O4S/c22-16(19-14-6-2-1-3-7-14)11-26-12-17(23)20-18-10-13-5-4-8-15(9-13)21(24)25/h1-10H,11-12H2,(H,19,22)(H,20,23). The van der Waals surface area contributed by atoms with Crippen LogP contribution in [-0.2, 0) is 9.59 Å². The van der Waals surface area contributed by atoms with E-state index in [1.807, 2.05) is 18.2 Å². The Kier molecular flexibility index (Phi) is 7.31. The van der Waals surface area contributed by atoms with Crippen LogP contribution in [0.15, 0.2) is 59.7 Å². The smallest absolute Gasteiger partial charge is 0.270 e. The molecule has 0 aliphatic heterocycles. The van der Waals surface area contributed by atoms with Crippen LogP contribution >= 0.6 is 11.8 Å². The molecule has 2 aromatic carbocycles. The molecule has 0 saturated heterocycles. The molecular weight excluding hydrogens is 356 g/mol. The molecule has 0 aromatic heterocycles. The lowest BCUT2D eigenvalue weighted by atomic mass is 10.2. The number of thioether (sulfide) groups is 1. The third-order valence-electron chi connectivity index (χ3n) is 3.01. The number of hydrogen-bond donors (Lipinski definition) is 2. The van der Waals surface area contributed by atoms with Gasteiger partial charge in [-0.25, -0.2) is 5.43 Å². The minimum atomic E-state index is -0.507. The van der Waals surface area contributed by atoms with E-state index in [1.165, 1.54) is 24.4 Å². The molecule has 0 radical (unpaired) electrons. The van der Waals surface area contributed by atoms with E-state index in [-0.39, 0.29) is 29.0 Å². The minimum Gasteiger partial charge on any atom is -0.325 e. The second kappa shape index (κ2) is 9.94. The van der Waals surface area contributed by atoms with Crippen molar-refractivity contribution in [3.63, 3.8) is 0 Å². The molecule has 2 aromatic rings. The molecule has 26 heavy (non-hydrogen) atoms. The Morgan fingerprint density at radius 3 is 2.54 bits per heavy atom. The number of anilines is 1. The van der Waals surface area contributed by atoms with Crippen molar-refractivity contribution in [2.45, 2.75) is 0 Å². The number of non-ortho nitro benzene ring substituents is 1.